The zero-order valence-electron chi connectivity index (χ0n) is 24.6. The Morgan fingerprint density at radius 1 is 0.854 bits per heavy atom. The highest BCUT2D eigenvalue weighted by Crippen LogP contribution is 2.31. The van der Waals surface area contributed by atoms with Gasteiger partial charge >= 0.3 is 0 Å². The molecule has 3 atom stereocenters. The highest BCUT2D eigenvalue weighted by atomic mass is 16.5. The maximum atomic E-state index is 13.7. The Balaban J connectivity index is 1.88. The number of hydrogen-bond acceptors (Lipinski definition) is 7. The lowest BCUT2D eigenvalue weighted by molar-refractivity contribution is -0.124. The lowest BCUT2D eigenvalue weighted by Crippen LogP contribution is -2.53. The number of aromatic hydroxyl groups is 1. The van der Waals surface area contributed by atoms with Crippen LogP contribution in [0.15, 0.2) is 60.8 Å². The van der Waals surface area contributed by atoms with Crippen molar-refractivity contribution in [3.8, 4) is 23.0 Å². The molecule has 2 amide bonds. The Kier molecular flexibility index (Phi) is 11.4. The first kappa shape index (κ1) is 31.3. The predicted octanol–water partition coefficient (Wildman–Crippen LogP) is 5.07. The van der Waals surface area contributed by atoms with Crippen LogP contribution in [-0.4, -0.2) is 54.3 Å². The summed E-state index contributed by atoms with van der Waals surface area (Å²) in [6, 6.07) is 15.9. The SMILES string of the molecule is CCOc1ccc(C(c2ccc(OCC)cc2)[C@H](C)NC(=O)[C@@H](NC(=O)c2nccc(OC)c2O)[C@@H](C)CC)cc1. The topological polar surface area (TPSA) is 119 Å². The van der Waals surface area contributed by atoms with Crippen LogP contribution in [0.3, 0.4) is 0 Å². The quantitative estimate of drug-likeness (QED) is 0.250. The van der Waals surface area contributed by atoms with Crippen molar-refractivity contribution in [3.63, 3.8) is 0 Å². The molecule has 9 nitrogen and oxygen atoms in total. The smallest absolute Gasteiger partial charge is 0.274 e. The Morgan fingerprint density at radius 3 is 1.85 bits per heavy atom. The molecule has 41 heavy (non-hydrogen) atoms. The van der Waals surface area contributed by atoms with Gasteiger partial charge in [0.15, 0.2) is 17.2 Å². The Hall–Kier alpha value is -4.27. The summed E-state index contributed by atoms with van der Waals surface area (Å²) in [5.74, 6) is -0.0868. The predicted molar refractivity (Wildman–Crippen MR) is 158 cm³/mol. The summed E-state index contributed by atoms with van der Waals surface area (Å²) >= 11 is 0. The number of aromatic nitrogens is 1. The number of carbonyl (C=O) groups excluding carboxylic acids is 2. The van der Waals surface area contributed by atoms with Crippen molar-refractivity contribution in [2.45, 2.75) is 59.0 Å². The minimum atomic E-state index is -0.858. The third-order valence-corrected chi connectivity index (χ3v) is 7.07. The van der Waals surface area contributed by atoms with E-state index in [4.69, 9.17) is 14.2 Å². The molecular formula is C32H41N3O6. The number of benzene rings is 2. The number of nitrogens with zero attached hydrogens (tertiary/aromatic N) is 1. The molecule has 0 saturated carbocycles. The van der Waals surface area contributed by atoms with Gasteiger partial charge in [0.05, 0.1) is 20.3 Å². The van der Waals surface area contributed by atoms with Gasteiger partial charge in [-0.2, -0.15) is 0 Å². The van der Waals surface area contributed by atoms with Gasteiger partial charge in [0, 0.05) is 24.2 Å². The van der Waals surface area contributed by atoms with Crippen LogP contribution in [-0.2, 0) is 4.79 Å². The van der Waals surface area contributed by atoms with E-state index in [0.717, 1.165) is 22.6 Å². The molecule has 0 bridgehead atoms. The molecule has 0 radical (unpaired) electrons. The summed E-state index contributed by atoms with van der Waals surface area (Å²) in [6.07, 6.45) is 2.01. The molecule has 0 spiro atoms. The Morgan fingerprint density at radius 2 is 1.39 bits per heavy atom. The highest BCUT2D eigenvalue weighted by Gasteiger charge is 2.31. The third kappa shape index (κ3) is 7.90. The fraction of sp³-hybridized carbons (Fsp3) is 0.406. The fourth-order valence-corrected chi connectivity index (χ4v) is 4.72. The van der Waals surface area contributed by atoms with Gasteiger partial charge in [0.25, 0.3) is 5.91 Å². The number of nitrogens with one attached hydrogen (secondary N) is 2. The molecule has 0 fully saturated rings. The van der Waals surface area contributed by atoms with E-state index in [1.54, 1.807) is 0 Å². The summed E-state index contributed by atoms with van der Waals surface area (Å²) < 4.78 is 16.3. The molecular weight excluding hydrogens is 522 g/mol. The lowest BCUT2D eigenvalue weighted by atomic mass is 9.85. The van der Waals surface area contributed by atoms with Crippen molar-refractivity contribution < 1.29 is 28.9 Å². The van der Waals surface area contributed by atoms with E-state index in [9.17, 15) is 14.7 Å². The third-order valence-electron chi connectivity index (χ3n) is 7.07. The first-order valence-electron chi connectivity index (χ1n) is 14.0. The Bertz CT molecular complexity index is 1230. The fourth-order valence-electron chi connectivity index (χ4n) is 4.72. The lowest BCUT2D eigenvalue weighted by Gasteiger charge is -2.30. The number of methoxy groups -OCH3 is 1. The van der Waals surface area contributed by atoms with Gasteiger partial charge < -0.3 is 30.0 Å². The minimum Gasteiger partial charge on any atom is -0.503 e. The number of pyridine rings is 1. The molecule has 3 aromatic rings. The number of ether oxygens (including phenoxy) is 3. The van der Waals surface area contributed by atoms with Gasteiger partial charge in [-0.05, 0) is 62.1 Å². The second-order valence-electron chi connectivity index (χ2n) is 9.83. The van der Waals surface area contributed by atoms with E-state index in [2.05, 4.69) is 15.6 Å². The van der Waals surface area contributed by atoms with E-state index in [1.165, 1.54) is 19.4 Å². The monoisotopic (exact) mass is 563 g/mol. The highest BCUT2D eigenvalue weighted by molar-refractivity contribution is 5.98. The van der Waals surface area contributed by atoms with Gasteiger partial charge in [-0.15, -0.1) is 0 Å². The van der Waals surface area contributed by atoms with Crippen LogP contribution < -0.4 is 24.8 Å². The number of rotatable bonds is 14. The molecule has 1 heterocycles. The van der Waals surface area contributed by atoms with Gasteiger partial charge in [-0.1, -0.05) is 44.5 Å². The van der Waals surface area contributed by atoms with Crippen LogP contribution in [0.1, 0.15) is 68.6 Å². The summed E-state index contributed by atoms with van der Waals surface area (Å²) in [6.45, 7) is 10.8. The van der Waals surface area contributed by atoms with Crippen molar-refractivity contribution in [1.29, 1.82) is 0 Å². The number of amides is 2. The average Bonchev–Trinajstić information content (AvgIpc) is 2.97. The maximum absolute atomic E-state index is 13.7. The van der Waals surface area contributed by atoms with Crippen molar-refractivity contribution >= 4 is 11.8 Å². The standard InChI is InChI=1S/C32H41N3O6/c1-7-20(4)28(35-32(38)29-30(36)26(39-6)18-19-33-29)31(37)34-21(5)27(22-10-14-24(15-11-22)40-8-2)23-12-16-25(17-13-23)41-9-3/h10-21,27-28,36H,7-9H2,1-6H3,(H,34,37)(H,35,38)/t20-,21-,28-/m0/s1. The molecule has 3 N–H and O–H groups in total. The van der Waals surface area contributed by atoms with Crippen molar-refractivity contribution in [1.82, 2.24) is 15.6 Å². The second kappa shape index (κ2) is 14.9. The van der Waals surface area contributed by atoms with Gasteiger partial charge in [0.1, 0.15) is 17.5 Å². The van der Waals surface area contributed by atoms with Crippen LogP contribution in [0.4, 0.5) is 0 Å². The van der Waals surface area contributed by atoms with E-state index < -0.39 is 11.9 Å². The van der Waals surface area contributed by atoms with E-state index in [1.807, 2.05) is 83.1 Å². The molecule has 0 aliphatic heterocycles. The van der Waals surface area contributed by atoms with Crippen LogP contribution in [0.5, 0.6) is 23.0 Å². The summed E-state index contributed by atoms with van der Waals surface area (Å²) in [7, 11) is 1.39. The number of carbonyl (C=O) groups is 2. The van der Waals surface area contributed by atoms with Crippen LogP contribution in [0.2, 0.25) is 0 Å². The van der Waals surface area contributed by atoms with Crippen molar-refractivity contribution in [2.24, 2.45) is 5.92 Å². The molecule has 0 aliphatic carbocycles. The second-order valence-corrected chi connectivity index (χ2v) is 9.83. The molecule has 0 aliphatic rings. The average molecular weight is 564 g/mol. The van der Waals surface area contributed by atoms with Crippen molar-refractivity contribution in [3.05, 3.63) is 77.6 Å². The molecule has 1 aromatic heterocycles. The minimum absolute atomic E-state index is 0.122. The summed E-state index contributed by atoms with van der Waals surface area (Å²) in [4.78, 5) is 30.8. The van der Waals surface area contributed by atoms with Crippen LogP contribution in [0, 0.1) is 5.92 Å². The van der Waals surface area contributed by atoms with Crippen LogP contribution >= 0.6 is 0 Å². The first-order chi connectivity index (χ1) is 19.7. The normalized spacial score (nSPS) is 13.1. The Labute approximate surface area is 242 Å². The summed E-state index contributed by atoms with van der Waals surface area (Å²) in [5, 5.41) is 16.3. The molecule has 9 heteroatoms. The van der Waals surface area contributed by atoms with E-state index in [0.29, 0.717) is 19.6 Å². The molecule has 3 rings (SSSR count). The van der Waals surface area contributed by atoms with Gasteiger partial charge in [-0.25, -0.2) is 4.98 Å². The molecule has 2 aromatic carbocycles. The molecule has 0 unspecified atom stereocenters. The first-order valence-corrected chi connectivity index (χ1v) is 14.0. The van der Waals surface area contributed by atoms with E-state index >= 15 is 0 Å². The van der Waals surface area contributed by atoms with Crippen molar-refractivity contribution in [2.75, 3.05) is 20.3 Å². The largest absolute Gasteiger partial charge is 0.503 e. The maximum Gasteiger partial charge on any atom is 0.274 e. The van der Waals surface area contributed by atoms with Gasteiger partial charge in [0.2, 0.25) is 5.91 Å². The molecule has 220 valence electrons. The van der Waals surface area contributed by atoms with Crippen LogP contribution in [0.25, 0.3) is 0 Å². The zero-order valence-corrected chi connectivity index (χ0v) is 24.6. The van der Waals surface area contributed by atoms with E-state index in [-0.39, 0.29) is 41.0 Å². The summed E-state index contributed by atoms with van der Waals surface area (Å²) in [5.41, 5.74) is 1.79. The number of hydrogen-bond donors (Lipinski definition) is 3. The molecule has 0 saturated heterocycles. The zero-order chi connectivity index (χ0) is 29.9. The van der Waals surface area contributed by atoms with Gasteiger partial charge in [-0.3, -0.25) is 9.59 Å².